The molecule has 0 saturated heterocycles. The summed E-state index contributed by atoms with van der Waals surface area (Å²) in [6.07, 6.45) is 1.11. The fourth-order valence-corrected chi connectivity index (χ4v) is 1.79. The fourth-order valence-electron chi connectivity index (χ4n) is 1.53. The van der Waals surface area contributed by atoms with E-state index in [1.165, 1.54) is 0 Å². The van der Waals surface area contributed by atoms with Gasteiger partial charge < -0.3 is 10.1 Å². The highest BCUT2D eigenvalue weighted by molar-refractivity contribution is 9.10. The van der Waals surface area contributed by atoms with E-state index in [2.05, 4.69) is 36.5 Å². The summed E-state index contributed by atoms with van der Waals surface area (Å²) in [5.74, 6) is -1.02. The van der Waals surface area contributed by atoms with Gasteiger partial charge in [0.2, 0.25) is 6.33 Å². The van der Waals surface area contributed by atoms with E-state index in [9.17, 15) is 14.9 Å². The van der Waals surface area contributed by atoms with Gasteiger partial charge in [0.1, 0.15) is 6.54 Å². The lowest BCUT2D eigenvalue weighted by atomic mass is 10.1. The molecule has 0 bridgehead atoms. The van der Waals surface area contributed by atoms with Gasteiger partial charge in [0, 0.05) is 9.57 Å². The molecule has 10 heteroatoms. The molecule has 0 spiro atoms. The number of amides is 1. The maximum atomic E-state index is 11.7. The number of hydrazone groups is 1. The molecule has 1 aromatic carbocycles. The highest BCUT2D eigenvalue weighted by Crippen LogP contribution is 2.11. The van der Waals surface area contributed by atoms with E-state index < -0.39 is 16.8 Å². The quantitative estimate of drug-likeness (QED) is 0.488. The van der Waals surface area contributed by atoms with Gasteiger partial charge in [-0.2, -0.15) is 9.78 Å². The van der Waals surface area contributed by atoms with Crippen LogP contribution >= 0.6 is 15.9 Å². The molecular formula is C12H11BrN6O3. The number of rotatable bonds is 5. The van der Waals surface area contributed by atoms with Crippen LogP contribution in [0.3, 0.4) is 0 Å². The second-order valence-corrected chi connectivity index (χ2v) is 5.15. The number of nitrogens with one attached hydrogen (secondary N) is 1. The van der Waals surface area contributed by atoms with Crippen LogP contribution in [0.25, 0.3) is 0 Å². The summed E-state index contributed by atoms with van der Waals surface area (Å²) < 4.78 is 2.01. The lowest BCUT2D eigenvalue weighted by Gasteiger charge is -2.02. The smallest absolute Gasteiger partial charge is 0.390 e. The first-order valence-corrected chi connectivity index (χ1v) is 6.88. The van der Waals surface area contributed by atoms with E-state index in [1.54, 1.807) is 6.92 Å². The van der Waals surface area contributed by atoms with Crippen molar-refractivity contribution in [3.05, 3.63) is 50.7 Å². The Labute approximate surface area is 133 Å². The minimum Gasteiger partial charge on any atom is -0.390 e. The van der Waals surface area contributed by atoms with E-state index in [0.29, 0.717) is 5.71 Å². The summed E-state index contributed by atoms with van der Waals surface area (Å²) in [6.45, 7) is 1.54. The zero-order valence-corrected chi connectivity index (χ0v) is 13.0. The van der Waals surface area contributed by atoms with Crippen molar-refractivity contribution in [1.29, 1.82) is 0 Å². The topological polar surface area (TPSA) is 115 Å². The molecule has 0 fully saturated rings. The summed E-state index contributed by atoms with van der Waals surface area (Å²) >= 11 is 3.33. The molecule has 22 heavy (non-hydrogen) atoms. The van der Waals surface area contributed by atoms with Crippen LogP contribution in [0.1, 0.15) is 12.5 Å². The van der Waals surface area contributed by atoms with Gasteiger partial charge in [0.05, 0.1) is 5.71 Å². The van der Waals surface area contributed by atoms with E-state index in [0.717, 1.165) is 21.0 Å². The molecule has 0 unspecified atom stereocenters. The number of benzene rings is 1. The molecule has 9 nitrogen and oxygen atoms in total. The van der Waals surface area contributed by atoms with Gasteiger partial charge in [-0.3, -0.25) is 4.79 Å². The van der Waals surface area contributed by atoms with Crippen molar-refractivity contribution in [2.24, 2.45) is 5.10 Å². The van der Waals surface area contributed by atoms with Crippen LogP contribution in [0.4, 0.5) is 5.95 Å². The van der Waals surface area contributed by atoms with Crippen molar-refractivity contribution >= 4 is 33.5 Å². The summed E-state index contributed by atoms with van der Waals surface area (Å²) in [6, 6.07) is 7.45. The van der Waals surface area contributed by atoms with Crippen molar-refractivity contribution in [1.82, 2.24) is 20.2 Å². The first-order valence-electron chi connectivity index (χ1n) is 6.08. The highest BCUT2D eigenvalue weighted by Gasteiger charge is 2.14. The summed E-state index contributed by atoms with van der Waals surface area (Å²) in [4.78, 5) is 24.9. The standard InChI is InChI=1S/C12H11BrN6O3/c1-8(9-2-4-10(13)5-3-9)15-16-11(20)6-18-7-14-12(17-18)19(21)22/h2-5,7H,6H2,1H3,(H,16,20)/b15-8+. The average Bonchev–Trinajstić information content (AvgIpc) is 2.94. The van der Waals surface area contributed by atoms with Gasteiger partial charge in [0.15, 0.2) is 0 Å². The number of nitrogens with zero attached hydrogens (tertiary/aromatic N) is 5. The Morgan fingerprint density at radius 2 is 2.14 bits per heavy atom. The largest absolute Gasteiger partial charge is 0.490 e. The Balaban J connectivity index is 1.95. The molecule has 0 aliphatic heterocycles. The van der Waals surface area contributed by atoms with Crippen molar-refractivity contribution in [2.45, 2.75) is 13.5 Å². The van der Waals surface area contributed by atoms with E-state index in [-0.39, 0.29) is 6.54 Å². The zero-order chi connectivity index (χ0) is 16.1. The maximum absolute atomic E-state index is 11.7. The first kappa shape index (κ1) is 15.8. The van der Waals surface area contributed by atoms with Crippen molar-refractivity contribution < 1.29 is 9.72 Å². The number of halogens is 1. The number of hydrogen-bond donors (Lipinski definition) is 1. The van der Waals surface area contributed by atoms with Gasteiger partial charge in [-0.15, -0.1) is 0 Å². The molecule has 0 radical (unpaired) electrons. The SMILES string of the molecule is C/C(=N\NC(=O)Cn1cnc([N+](=O)[O-])n1)c1ccc(Br)cc1. The molecule has 0 aliphatic carbocycles. The third-order valence-electron chi connectivity index (χ3n) is 2.60. The zero-order valence-electron chi connectivity index (χ0n) is 11.4. The molecule has 114 valence electrons. The monoisotopic (exact) mass is 366 g/mol. The molecule has 0 atom stereocenters. The Bertz CT molecular complexity index is 725. The second-order valence-electron chi connectivity index (χ2n) is 4.24. The summed E-state index contributed by atoms with van der Waals surface area (Å²) in [7, 11) is 0. The Morgan fingerprint density at radius 3 is 2.73 bits per heavy atom. The Hall–Kier alpha value is -2.62. The molecule has 2 rings (SSSR count). The molecule has 1 N–H and O–H groups in total. The first-order chi connectivity index (χ1) is 10.5. The maximum Gasteiger partial charge on any atom is 0.490 e. The lowest BCUT2D eigenvalue weighted by molar-refractivity contribution is -0.394. The van der Waals surface area contributed by atoms with E-state index in [1.807, 2.05) is 24.3 Å². The van der Waals surface area contributed by atoms with Crippen LogP contribution in [0, 0.1) is 10.1 Å². The van der Waals surface area contributed by atoms with Crippen LogP contribution in [-0.2, 0) is 11.3 Å². The predicted octanol–water partition coefficient (Wildman–Crippen LogP) is 1.49. The third kappa shape index (κ3) is 4.19. The number of carbonyl (C=O) groups is 1. The van der Waals surface area contributed by atoms with Crippen LogP contribution in [-0.4, -0.2) is 31.3 Å². The highest BCUT2D eigenvalue weighted by atomic mass is 79.9. The van der Waals surface area contributed by atoms with E-state index in [4.69, 9.17) is 0 Å². The summed E-state index contributed by atoms with van der Waals surface area (Å²) in [5, 5.41) is 17.9. The van der Waals surface area contributed by atoms with Gasteiger partial charge in [-0.1, -0.05) is 33.0 Å². The molecule has 1 aromatic heterocycles. The van der Waals surface area contributed by atoms with Crippen LogP contribution in [0.15, 0.2) is 40.2 Å². The predicted molar refractivity (Wildman–Crippen MR) is 81.2 cm³/mol. The Morgan fingerprint density at radius 1 is 1.45 bits per heavy atom. The number of carbonyl (C=O) groups excluding carboxylic acids is 1. The number of aromatic nitrogens is 3. The van der Waals surface area contributed by atoms with Crippen molar-refractivity contribution in [2.75, 3.05) is 0 Å². The van der Waals surface area contributed by atoms with Crippen molar-refractivity contribution in [3.8, 4) is 0 Å². The normalized spacial score (nSPS) is 11.3. The molecule has 1 heterocycles. The molecule has 1 amide bonds. The van der Waals surface area contributed by atoms with Crippen LogP contribution < -0.4 is 5.43 Å². The second kappa shape index (κ2) is 6.89. The van der Waals surface area contributed by atoms with Gasteiger partial charge in [0.25, 0.3) is 5.91 Å². The third-order valence-corrected chi connectivity index (χ3v) is 3.13. The van der Waals surface area contributed by atoms with Gasteiger partial charge in [-0.25, -0.2) is 5.43 Å². The minimum absolute atomic E-state index is 0.210. The van der Waals surface area contributed by atoms with Gasteiger partial charge >= 0.3 is 5.95 Å². The van der Waals surface area contributed by atoms with Crippen LogP contribution in [0.5, 0.6) is 0 Å². The average molecular weight is 367 g/mol. The molecule has 2 aromatic rings. The fraction of sp³-hybridized carbons (Fsp3) is 0.167. The molecular weight excluding hydrogens is 356 g/mol. The molecule has 0 saturated carbocycles. The number of hydrogen-bond acceptors (Lipinski definition) is 6. The van der Waals surface area contributed by atoms with Crippen molar-refractivity contribution in [3.63, 3.8) is 0 Å². The van der Waals surface area contributed by atoms with Crippen LogP contribution in [0.2, 0.25) is 0 Å². The number of nitro groups is 1. The van der Waals surface area contributed by atoms with Gasteiger partial charge in [-0.05, 0) is 29.5 Å². The van der Waals surface area contributed by atoms with E-state index >= 15 is 0 Å². The minimum atomic E-state index is -0.732. The Kier molecular flexibility index (Phi) is 4.94. The summed E-state index contributed by atoms with van der Waals surface area (Å²) in [5.41, 5.74) is 3.85. The molecule has 0 aliphatic rings. The lowest BCUT2D eigenvalue weighted by Crippen LogP contribution is -2.24.